The molecule has 0 aromatic carbocycles. The minimum atomic E-state index is -0.128. The molecule has 8 heteroatoms. The Morgan fingerprint density at radius 1 is 1.39 bits per heavy atom. The molecule has 0 saturated carbocycles. The van der Waals surface area contributed by atoms with Gasteiger partial charge in [0.05, 0.1) is 16.3 Å². The molecule has 0 radical (unpaired) electrons. The highest BCUT2D eigenvalue weighted by atomic mass is 35.5. The summed E-state index contributed by atoms with van der Waals surface area (Å²) < 4.78 is 7.22. The molecule has 4 aliphatic rings. The van der Waals surface area contributed by atoms with E-state index in [1.165, 1.54) is 37.3 Å². The number of halogens is 1. The van der Waals surface area contributed by atoms with E-state index in [2.05, 4.69) is 25.2 Å². The summed E-state index contributed by atoms with van der Waals surface area (Å²) >= 11 is 7.48. The monoisotopic (exact) mass is 349 g/mol. The number of nitrogens with zero attached hydrogens (tertiary/aromatic N) is 4. The third-order valence-corrected chi connectivity index (χ3v) is 6.15. The molecule has 1 N–H and O–H groups in total. The van der Waals surface area contributed by atoms with Gasteiger partial charge in [-0.05, 0) is 32.0 Å². The number of rotatable bonds is 1. The lowest BCUT2D eigenvalue weighted by atomic mass is 9.75. The number of hydrogen-bond acceptors (Lipinski definition) is 7. The number of amidine groups is 1. The fraction of sp³-hybridized carbons (Fsp3) is 0.533. The van der Waals surface area contributed by atoms with Gasteiger partial charge in [0.25, 0.3) is 6.02 Å². The van der Waals surface area contributed by atoms with Crippen LogP contribution in [0.15, 0.2) is 17.3 Å². The first-order chi connectivity index (χ1) is 11.2. The summed E-state index contributed by atoms with van der Waals surface area (Å²) in [6.45, 7) is 4.13. The van der Waals surface area contributed by atoms with E-state index >= 15 is 0 Å². The first-order valence-corrected chi connectivity index (χ1v) is 9.05. The first kappa shape index (κ1) is 13.9. The van der Waals surface area contributed by atoms with Gasteiger partial charge in [-0.15, -0.1) is 0 Å². The number of fused-ring (bicyclic) bond motifs is 3. The predicted molar refractivity (Wildman–Crippen MR) is 91.3 cm³/mol. The number of nitrogens with one attached hydrogen (secondary N) is 1. The average Bonchev–Trinajstić information content (AvgIpc) is 3.12. The minimum Gasteiger partial charge on any atom is -0.455 e. The molecule has 2 aromatic heterocycles. The lowest BCUT2D eigenvalue weighted by molar-refractivity contribution is -0.0829. The van der Waals surface area contributed by atoms with Crippen LogP contribution >= 0.6 is 22.9 Å². The predicted octanol–water partition coefficient (Wildman–Crippen LogP) is 2.61. The smallest absolute Gasteiger partial charge is 0.291 e. The number of ether oxygens (including phenoxy) is 1. The van der Waals surface area contributed by atoms with Gasteiger partial charge in [0.15, 0.2) is 10.8 Å². The van der Waals surface area contributed by atoms with Gasteiger partial charge in [0.1, 0.15) is 5.60 Å². The zero-order valence-electron chi connectivity index (χ0n) is 12.5. The van der Waals surface area contributed by atoms with Gasteiger partial charge in [0, 0.05) is 18.7 Å². The third-order valence-electron chi connectivity index (χ3n) is 5.04. The van der Waals surface area contributed by atoms with Crippen LogP contribution in [0.2, 0.25) is 5.02 Å². The van der Waals surface area contributed by atoms with E-state index in [-0.39, 0.29) is 5.60 Å². The van der Waals surface area contributed by atoms with E-state index in [4.69, 9.17) is 16.3 Å². The number of thiazole rings is 1. The lowest BCUT2D eigenvalue weighted by Crippen LogP contribution is -2.61. The maximum absolute atomic E-state index is 6.26. The molecular weight excluding hydrogens is 334 g/mol. The van der Waals surface area contributed by atoms with Crippen LogP contribution in [0.1, 0.15) is 12.8 Å². The normalized spacial score (nSPS) is 32.3. The maximum atomic E-state index is 6.26. The van der Waals surface area contributed by atoms with E-state index < -0.39 is 0 Å². The van der Waals surface area contributed by atoms with Crippen molar-refractivity contribution in [2.24, 2.45) is 10.9 Å². The number of aromatic nitrogens is 2. The number of piperidine rings is 3. The van der Waals surface area contributed by atoms with Gasteiger partial charge < -0.3 is 4.74 Å². The highest BCUT2D eigenvalue weighted by Gasteiger charge is 2.51. The molecule has 0 aliphatic carbocycles. The van der Waals surface area contributed by atoms with Crippen LogP contribution < -0.4 is 5.32 Å². The number of pyridine rings is 1. The van der Waals surface area contributed by atoms with Crippen molar-refractivity contribution in [1.82, 2.24) is 14.9 Å². The molecule has 6 rings (SSSR count). The summed E-state index contributed by atoms with van der Waals surface area (Å²) in [6.07, 6.45) is 4.04. The molecule has 0 amide bonds. The van der Waals surface area contributed by atoms with Gasteiger partial charge in [-0.1, -0.05) is 22.9 Å². The van der Waals surface area contributed by atoms with Crippen molar-refractivity contribution >= 4 is 44.4 Å². The second kappa shape index (κ2) is 5.03. The topological polar surface area (TPSA) is 62.6 Å². The van der Waals surface area contributed by atoms with Crippen LogP contribution in [-0.2, 0) is 4.74 Å². The van der Waals surface area contributed by atoms with E-state index in [9.17, 15) is 0 Å². The fourth-order valence-electron chi connectivity index (χ4n) is 3.89. The Labute approximate surface area is 142 Å². The summed E-state index contributed by atoms with van der Waals surface area (Å²) in [4.78, 5) is 15.8. The Morgan fingerprint density at radius 2 is 2.26 bits per heavy atom. The molecule has 1 unspecified atom stereocenters. The lowest BCUT2D eigenvalue weighted by Gasteiger charge is -2.50. The molecule has 2 aromatic rings. The Hall–Kier alpha value is -1.44. The van der Waals surface area contributed by atoms with Gasteiger partial charge in [-0.3, -0.25) is 10.2 Å². The van der Waals surface area contributed by atoms with Crippen molar-refractivity contribution < 1.29 is 4.74 Å². The van der Waals surface area contributed by atoms with Gasteiger partial charge in [-0.2, -0.15) is 4.98 Å². The summed E-state index contributed by atoms with van der Waals surface area (Å²) in [5, 5.41) is 4.58. The molecule has 2 bridgehead atoms. The van der Waals surface area contributed by atoms with Crippen molar-refractivity contribution in [3.8, 4) is 0 Å². The Bertz CT molecular complexity index is 800. The standard InChI is InChI=1S/C15H16ClN5OS/c16-10-5-11-12(17-6-10)19-14(23-11)20-13-18-7-15(22-13)8-21-3-1-9(15)2-4-21/h5-6,9H,1-4,7-8H2,(H,17,18,19,20). The maximum Gasteiger partial charge on any atom is 0.291 e. The van der Waals surface area contributed by atoms with E-state index in [1.54, 1.807) is 6.20 Å². The zero-order valence-corrected chi connectivity index (χ0v) is 14.0. The van der Waals surface area contributed by atoms with Gasteiger partial charge in [0.2, 0.25) is 0 Å². The molecule has 120 valence electrons. The summed E-state index contributed by atoms with van der Waals surface area (Å²) in [6, 6.07) is 2.46. The van der Waals surface area contributed by atoms with E-state index in [0.717, 1.165) is 22.9 Å². The molecule has 23 heavy (non-hydrogen) atoms. The van der Waals surface area contributed by atoms with Crippen molar-refractivity contribution in [2.75, 3.05) is 31.5 Å². The molecule has 6 heterocycles. The Kier molecular flexibility index (Phi) is 3.05. The quantitative estimate of drug-likeness (QED) is 0.857. The molecule has 1 spiro atoms. The third kappa shape index (κ3) is 2.29. The van der Waals surface area contributed by atoms with E-state index in [0.29, 0.717) is 22.6 Å². The molecule has 6 nitrogen and oxygen atoms in total. The van der Waals surface area contributed by atoms with Crippen molar-refractivity contribution in [2.45, 2.75) is 18.4 Å². The van der Waals surface area contributed by atoms with Crippen molar-refractivity contribution in [3.63, 3.8) is 0 Å². The van der Waals surface area contributed by atoms with Crippen LogP contribution in [0.3, 0.4) is 0 Å². The van der Waals surface area contributed by atoms with E-state index in [1.807, 2.05) is 6.07 Å². The van der Waals surface area contributed by atoms with Gasteiger partial charge in [-0.25, -0.2) is 9.98 Å². The SMILES string of the molecule is Clc1cnc2nc(NC3=NCC4(CN5CCC4CC5)O3)sc2c1. The van der Waals surface area contributed by atoms with Crippen molar-refractivity contribution in [1.29, 1.82) is 0 Å². The summed E-state index contributed by atoms with van der Waals surface area (Å²) in [7, 11) is 0. The Balaban J connectivity index is 1.35. The zero-order chi connectivity index (χ0) is 15.4. The molecule has 1 atom stereocenters. The van der Waals surface area contributed by atoms with Gasteiger partial charge >= 0.3 is 0 Å². The van der Waals surface area contributed by atoms with Crippen LogP contribution in [-0.4, -0.2) is 52.7 Å². The first-order valence-electron chi connectivity index (χ1n) is 7.85. The van der Waals surface area contributed by atoms with Crippen LogP contribution in [0, 0.1) is 5.92 Å². The second-order valence-electron chi connectivity index (χ2n) is 6.46. The largest absolute Gasteiger partial charge is 0.455 e. The summed E-state index contributed by atoms with van der Waals surface area (Å²) in [5.41, 5.74) is 0.565. The summed E-state index contributed by atoms with van der Waals surface area (Å²) in [5.74, 6) is 0.617. The highest BCUT2D eigenvalue weighted by Crippen LogP contribution is 2.41. The van der Waals surface area contributed by atoms with Crippen molar-refractivity contribution in [3.05, 3.63) is 17.3 Å². The average molecular weight is 350 g/mol. The fourth-order valence-corrected chi connectivity index (χ4v) is 4.96. The number of aliphatic imine (C=N–C) groups is 1. The minimum absolute atomic E-state index is 0.128. The Morgan fingerprint density at radius 3 is 3.04 bits per heavy atom. The molecule has 3 saturated heterocycles. The second-order valence-corrected chi connectivity index (χ2v) is 7.93. The van der Waals surface area contributed by atoms with Crippen LogP contribution in [0.4, 0.5) is 5.13 Å². The molecule has 4 aliphatic heterocycles. The van der Waals surface area contributed by atoms with Crippen LogP contribution in [0.5, 0.6) is 0 Å². The number of anilines is 1. The molecule has 3 fully saturated rings. The molecular formula is C15H16ClN5OS. The van der Waals surface area contributed by atoms with Crippen LogP contribution in [0.25, 0.3) is 10.3 Å². The number of hydrogen-bond donors (Lipinski definition) is 1. The highest BCUT2D eigenvalue weighted by molar-refractivity contribution is 7.22.